The van der Waals surface area contributed by atoms with Crippen LogP contribution >= 0.6 is 0 Å². The van der Waals surface area contributed by atoms with E-state index in [9.17, 15) is 14.4 Å². The molecule has 2 aromatic carbocycles. The molecule has 0 spiro atoms. The van der Waals surface area contributed by atoms with Gasteiger partial charge in [-0.15, -0.1) is 0 Å². The molecule has 8 heteroatoms. The largest absolute Gasteiger partial charge is 0.353 e. The number of likely N-dealkylation sites (tertiary alicyclic amines) is 2. The second-order valence-corrected chi connectivity index (χ2v) is 8.87. The lowest BCUT2D eigenvalue weighted by Crippen LogP contribution is -2.48. The Bertz CT molecular complexity index is 1170. The molecule has 1 aromatic heterocycles. The van der Waals surface area contributed by atoms with Gasteiger partial charge in [-0.25, -0.2) is 4.98 Å². The van der Waals surface area contributed by atoms with Gasteiger partial charge in [0.25, 0.3) is 5.91 Å². The van der Waals surface area contributed by atoms with Gasteiger partial charge in [0.15, 0.2) is 0 Å². The first-order valence-corrected chi connectivity index (χ1v) is 11.4. The van der Waals surface area contributed by atoms with Crippen molar-refractivity contribution in [3.63, 3.8) is 0 Å². The predicted octanol–water partition coefficient (Wildman–Crippen LogP) is 2.33. The second-order valence-electron chi connectivity index (χ2n) is 8.87. The monoisotopic (exact) mass is 445 g/mol. The minimum atomic E-state index is -0.318. The molecule has 2 saturated heterocycles. The van der Waals surface area contributed by atoms with E-state index in [0.717, 1.165) is 16.6 Å². The lowest BCUT2D eigenvalue weighted by atomic mass is 10.0. The summed E-state index contributed by atoms with van der Waals surface area (Å²) in [5.41, 5.74) is 3.38. The lowest BCUT2D eigenvalue weighted by Gasteiger charge is -2.33. The van der Waals surface area contributed by atoms with Crippen LogP contribution in [0.25, 0.3) is 11.0 Å². The van der Waals surface area contributed by atoms with Crippen molar-refractivity contribution in [1.29, 1.82) is 0 Å². The summed E-state index contributed by atoms with van der Waals surface area (Å²) in [6, 6.07) is 15.3. The summed E-state index contributed by atoms with van der Waals surface area (Å²) >= 11 is 0. The number of benzene rings is 2. The summed E-state index contributed by atoms with van der Waals surface area (Å²) in [5.74, 6) is -0.363. The van der Waals surface area contributed by atoms with Gasteiger partial charge in [0.2, 0.25) is 11.8 Å². The Hall–Kier alpha value is -3.68. The zero-order chi connectivity index (χ0) is 22.8. The highest BCUT2D eigenvalue weighted by Gasteiger charge is 2.35. The van der Waals surface area contributed by atoms with Crippen molar-refractivity contribution in [1.82, 2.24) is 25.1 Å². The number of aromatic nitrogens is 2. The van der Waals surface area contributed by atoms with Gasteiger partial charge in [0.1, 0.15) is 0 Å². The number of imidazole rings is 1. The highest BCUT2D eigenvalue weighted by atomic mass is 16.2. The number of fused-ring (bicyclic) bond motifs is 1. The minimum Gasteiger partial charge on any atom is -0.353 e. The van der Waals surface area contributed by atoms with Gasteiger partial charge >= 0.3 is 0 Å². The molecular weight excluding hydrogens is 418 g/mol. The summed E-state index contributed by atoms with van der Waals surface area (Å²) in [4.78, 5) is 48.9. The normalized spacial score (nSPS) is 19.3. The van der Waals surface area contributed by atoms with Gasteiger partial charge < -0.3 is 20.1 Å². The Balaban J connectivity index is 1.11. The van der Waals surface area contributed by atoms with Gasteiger partial charge in [-0.2, -0.15) is 0 Å². The number of nitrogens with one attached hydrogen (secondary N) is 2. The fourth-order valence-corrected chi connectivity index (χ4v) is 4.70. The fraction of sp³-hybridized carbons (Fsp3) is 0.360. The molecule has 2 N–H and O–H groups in total. The minimum absolute atomic E-state index is 0.00535. The zero-order valence-corrected chi connectivity index (χ0v) is 18.4. The van der Waals surface area contributed by atoms with Crippen molar-refractivity contribution >= 4 is 28.8 Å². The maximum atomic E-state index is 12.9. The van der Waals surface area contributed by atoms with Crippen molar-refractivity contribution < 1.29 is 14.4 Å². The van der Waals surface area contributed by atoms with Gasteiger partial charge in [-0.05, 0) is 36.6 Å². The molecule has 3 amide bonds. The molecule has 1 unspecified atom stereocenters. The molecule has 1 atom stereocenters. The molecule has 8 nitrogen and oxygen atoms in total. The quantitative estimate of drug-likeness (QED) is 0.630. The number of hydrogen-bond acceptors (Lipinski definition) is 4. The number of amides is 3. The van der Waals surface area contributed by atoms with E-state index in [-0.39, 0.29) is 36.1 Å². The Morgan fingerprint density at radius 3 is 2.67 bits per heavy atom. The van der Waals surface area contributed by atoms with Crippen LogP contribution in [0.5, 0.6) is 0 Å². The van der Waals surface area contributed by atoms with Gasteiger partial charge in [0, 0.05) is 44.2 Å². The SMILES string of the molecule is O=C(NC1CCN(C(=O)c2ccc3nc[nH]c3c2)CC1)C1CC(=O)N(Cc2ccccc2)C1. The smallest absolute Gasteiger partial charge is 0.253 e. The van der Waals surface area contributed by atoms with E-state index in [1.165, 1.54) is 0 Å². The lowest BCUT2D eigenvalue weighted by molar-refractivity contribution is -0.129. The molecule has 0 aliphatic carbocycles. The van der Waals surface area contributed by atoms with Crippen LogP contribution in [0, 0.1) is 5.92 Å². The van der Waals surface area contributed by atoms with Gasteiger partial charge in [0.05, 0.1) is 23.3 Å². The standard InChI is InChI=1S/C25H27N5O3/c31-23-13-19(15-30(23)14-17-4-2-1-3-5-17)24(32)28-20-8-10-29(11-9-20)25(33)18-6-7-21-22(12-18)27-16-26-21/h1-7,12,16,19-20H,8-11,13-15H2,(H,26,27)(H,28,32). The van der Waals surface area contributed by atoms with E-state index in [1.54, 1.807) is 17.3 Å². The Morgan fingerprint density at radius 1 is 1.09 bits per heavy atom. The van der Waals surface area contributed by atoms with Gasteiger partial charge in [-0.1, -0.05) is 30.3 Å². The second kappa shape index (κ2) is 9.05. The maximum absolute atomic E-state index is 12.9. The molecule has 2 fully saturated rings. The van der Waals surface area contributed by atoms with Crippen molar-refractivity contribution in [2.75, 3.05) is 19.6 Å². The first-order chi connectivity index (χ1) is 16.1. The predicted molar refractivity (Wildman–Crippen MR) is 123 cm³/mol. The van der Waals surface area contributed by atoms with Crippen molar-refractivity contribution in [3.8, 4) is 0 Å². The van der Waals surface area contributed by atoms with E-state index in [2.05, 4.69) is 15.3 Å². The number of H-pyrrole nitrogens is 1. The fourth-order valence-electron chi connectivity index (χ4n) is 4.70. The first-order valence-electron chi connectivity index (χ1n) is 11.4. The van der Waals surface area contributed by atoms with E-state index in [0.29, 0.717) is 44.6 Å². The average molecular weight is 446 g/mol. The van der Waals surface area contributed by atoms with E-state index < -0.39 is 0 Å². The average Bonchev–Trinajstić information content (AvgIpc) is 3.46. The third kappa shape index (κ3) is 4.60. The number of hydrogen-bond donors (Lipinski definition) is 2. The zero-order valence-electron chi connectivity index (χ0n) is 18.4. The van der Waals surface area contributed by atoms with Crippen LogP contribution in [0.1, 0.15) is 35.2 Å². The molecule has 33 heavy (non-hydrogen) atoms. The van der Waals surface area contributed by atoms with Crippen molar-refractivity contribution in [3.05, 3.63) is 66.0 Å². The van der Waals surface area contributed by atoms with E-state index >= 15 is 0 Å². The summed E-state index contributed by atoms with van der Waals surface area (Å²) < 4.78 is 0. The van der Waals surface area contributed by atoms with Crippen LogP contribution in [-0.4, -0.2) is 63.2 Å². The molecule has 170 valence electrons. The maximum Gasteiger partial charge on any atom is 0.253 e. The van der Waals surface area contributed by atoms with Crippen LogP contribution < -0.4 is 5.32 Å². The third-order valence-corrected chi connectivity index (χ3v) is 6.60. The Morgan fingerprint density at radius 2 is 1.88 bits per heavy atom. The molecule has 5 rings (SSSR count). The molecule has 2 aliphatic heterocycles. The topological polar surface area (TPSA) is 98.4 Å². The summed E-state index contributed by atoms with van der Waals surface area (Å²) in [5, 5.41) is 3.12. The summed E-state index contributed by atoms with van der Waals surface area (Å²) in [7, 11) is 0. The van der Waals surface area contributed by atoms with Gasteiger partial charge in [-0.3, -0.25) is 14.4 Å². The molecular formula is C25H27N5O3. The van der Waals surface area contributed by atoms with E-state index in [4.69, 9.17) is 0 Å². The van der Waals surface area contributed by atoms with Crippen molar-refractivity contribution in [2.24, 2.45) is 5.92 Å². The highest BCUT2D eigenvalue weighted by Crippen LogP contribution is 2.22. The number of carbonyl (C=O) groups excluding carboxylic acids is 3. The number of piperidine rings is 1. The molecule has 0 saturated carbocycles. The van der Waals surface area contributed by atoms with Crippen LogP contribution in [0.4, 0.5) is 0 Å². The van der Waals surface area contributed by atoms with Crippen LogP contribution in [0.15, 0.2) is 54.9 Å². The number of carbonyl (C=O) groups is 3. The molecule has 0 bridgehead atoms. The van der Waals surface area contributed by atoms with Crippen molar-refractivity contribution in [2.45, 2.75) is 31.8 Å². The number of nitrogens with zero attached hydrogens (tertiary/aromatic N) is 3. The third-order valence-electron chi connectivity index (χ3n) is 6.60. The molecule has 3 heterocycles. The summed E-state index contributed by atoms with van der Waals surface area (Å²) in [6.07, 6.45) is 3.29. The van der Waals surface area contributed by atoms with Crippen LogP contribution in [0.3, 0.4) is 0 Å². The van der Waals surface area contributed by atoms with Crippen LogP contribution in [0.2, 0.25) is 0 Å². The first kappa shape index (κ1) is 21.2. The molecule has 2 aliphatic rings. The molecule has 0 radical (unpaired) electrons. The number of rotatable bonds is 5. The highest BCUT2D eigenvalue weighted by molar-refractivity contribution is 5.97. The number of aromatic amines is 1. The summed E-state index contributed by atoms with van der Waals surface area (Å²) in [6.45, 7) is 2.17. The van der Waals surface area contributed by atoms with Crippen LogP contribution in [-0.2, 0) is 16.1 Å². The Labute approximate surface area is 192 Å². The Kier molecular flexibility index (Phi) is 5.81. The van der Waals surface area contributed by atoms with E-state index in [1.807, 2.05) is 47.4 Å². The molecule has 3 aromatic rings.